The monoisotopic (exact) mass is 268 g/mol. The van der Waals surface area contributed by atoms with Gasteiger partial charge in [0.1, 0.15) is 6.61 Å². The molecule has 0 amide bonds. The maximum Gasteiger partial charge on any atom is 0.338 e. The van der Waals surface area contributed by atoms with Crippen LogP contribution in [-0.4, -0.2) is 42.6 Å². The molecular weight excluding hydrogens is 248 g/mol. The third-order valence-electron chi connectivity index (χ3n) is 2.69. The van der Waals surface area contributed by atoms with Crippen molar-refractivity contribution < 1.29 is 24.5 Å². The number of hydrogen-bond acceptors (Lipinski definition) is 5. The predicted molar refractivity (Wildman–Crippen MR) is 69.9 cm³/mol. The zero-order chi connectivity index (χ0) is 14.3. The van der Waals surface area contributed by atoms with Gasteiger partial charge < -0.3 is 19.7 Å². The van der Waals surface area contributed by atoms with E-state index in [1.807, 2.05) is 13.8 Å². The highest BCUT2D eigenvalue weighted by atomic mass is 16.5. The molecule has 0 spiro atoms. The Labute approximate surface area is 112 Å². The van der Waals surface area contributed by atoms with Gasteiger partial charge in [0.25, 0.3) is 0 Å². The van der Waals surface area contributed by atoms with Crippen LogP contribution >= 0.6 is 0 Å². The lowest BCUT2D eigenvalue weighted by atomic mass is 9.97. The Bertz CT molecular complexity index is 397. The summed E-state index contributed by atoms with van der Waals surface area (Å²) in [6.07, 6.45) is 0. The number of aliphatic hydroxyl groups excluding tert-OH is 2. The van der Waals surface area contributed by atoms with Gasteiger partial charge in [-0.2, -0.15) is 0 Å². The number of ether oxygens (including phenoxy) is 2. The van der Waals surface area contributed by atoms with E-state index in [1.165, 1.54) is 0 Å². The summed E-state index contributed by atoms with van der Waals surface area (Å²) in [5, 5.41) is 17.4. The minimum absolute atomic E-state index is 0.00825. The van der Waals surface area contributed by atoms with Gasteiger partial charge in [0.2, 0.25) is 0 Å². The van der Waals surface area contributed by atoms with E-state index in [0.29, 0.717) is 5.56 Å². The van der Waals surface area contributed by atoms with Gasteiger partial charge >= 0.3 is 5.97 Å². The van der Waals surface area contributed by atoms with Crippen LogP contribution in [0, 0.1) is 0 Å². The summed E-state index contributed by atoms with van der Waals surface area (Å²) >= 11 is 0. The van der Waals surface area contributed by atoms with E-state index in [1.54, 1.807) is 24.3 Å². The van der Waals surface area contributed by atoms with Gasteiger partial charge in [-0.05, 0) is 31.5 Å². The van der Waals surface area contributed by atoms with Gasteiger partial charge in [0.15, 0.2) is 0 Å². The first-order valence-corrected chi connectivity index (χ1v) is 6.14. The molecule has 1 aromatic carbocycles. The second kappa shape index (κ2) is 7.23. The van der Waals surface area contributed by atoms with Crippen molar-refractivity contribution in [1.82, 2.24) is 0 Å². The molecule has 19 heavy (non-hydrogen) atoms. The molecule has 5 nitrogen and oxygen atoms in total. The van der Waals surface area contributed by atoms with E-state index >= 15 is 0 Å². The zero-order valence-electron chi connectivity index (χ0n) is 11.3. The van der Waals surface area contributed by atoms with Gasteiger partial charge in [0.05, 0.1) is 31.0 Å². The van der Waals surface area contributed by atoms with Crippen molar-refractivity contribution in [3.05, 3.63) is 35.4 Å². The Kier molecular flexibility index (Phi) is 5.95. The number of carbonyl (C=O) groups excluding carboxylic acids is 1. The molecule has 5 heteroatoms. The summed E-state index contributed by atoms with van der Waals surface area (Å²) in [4.78, 5) is 11.5. The lowest BCUT2D eigenvalue weighted by Gasteiger charge is -2.25. The minimum Gasteiger partial charge on any atom is -0.460 e. The highest BCUT2D eigenvalue weighted by Gasteiger charge is 2.21. The smallest absolute Gasteiger partial charge is 0.338 e. The first-order chi connectivity index (χ1) is 9.01. The Hall–Kier alpha value is -1.43. The van der Waals surface area contributed by atoms with E-state index in [0.717, 1.165) is 5.56 Å². The maximum atomic E-state index is 11.5. The SMILES string of the molecule is CC(C)(OCCO)c1ccc(C(=O)OCCO)cc1. The van der Waals surface area contributed by atoms with Crippen molar-refractivity contribution in [2.45, 2.75) is 19.4 Å². The van der Waals surface area contributed by atoms with E-state index in [2.05, 4.69) is 0 Å². The number of carbonyl (C=O) groups is 1. The molecule has 1 rings (SSSR count). The molecule has 0 aliphatic carbocycles. The summed E-state index contributed by atoms with van der Waals surface area (Å²) < 4.78 is 10.3. The quantitative estimate of drug-likeness (QED) is 0.724. The number of aliphatic hydroxyl groups is 2. The summed E-state index contributed by atoms with van der Waals surface area (Å²) in [6.45, 7) is 3.81. The molecule has 2 N–H and O–H groups in total. The molecular formula is C14H20O5. The van der Waals surface area contributed by atoms with Crippen molar-refractivity contribution in [1.29, 1.82) is 0 Å². The van der Waals surface area contributed by atoms with Crippen molar-refractivity contribution >= 4 is 5.97 Å². The normalized spacial score (nSPS) is 11.4. The number of rotatable bonds is 7. The summed E-state index contributed by atoms with van der Waals surface area (Å²) in [5.74, 6) is -0.463. The van der Waals surface area contributed by atoms with E-state index < -0.39 is 11.6 Å². The summed E-state index contributed by atoms with van der Waals surface area (Å²) in [7, 11) is 0. The lowest BCUT2D eigenvalue weighted by Crippen LogP contribution is -2.23. The molecule has 0 heterocycles. The lowest BCUT2D eigenvalue weighted by molar-refractivity contribution is -0.0370. The fourth-order valence-electron chi connectivity index (χ4n) is 1.61. The Balaban J connectivity index is 2.72. The molecule has 0 unspecified atom stereocenters. The Morgan fingerprint density at radius 2 is 1.68 bits per heavy atom. The van der Waals surface area contributed by atoms with Crippen LogP contribution in [0.2, 0.25) is 0 Å². The van der Waals surface area contributed by atoms with Crippen LogP contribution in [0.25, 0.3) is 0 Å². The van der Waals surface area contributed by atoms with E-state index in [-0.39, 0.29) is 26.4 Å². The first kappa shape index (κ1) is 15.6. The van der Waals surface area contributed by atoms with Crippen LogP contribution in [0.5, 0.6) is 0 Å². The van der Waals surface area contributed by atoms with Gasteiger partial charge in [-0.15, -0.1) is 0 Å². The molecule has 0 fully saturated rings. The maximum absolute atomic E-state index is 11.5. The molecule has 0 aromatic heterocycles. The minimum atomic E-state index is -0.531. The van der Waals surface area contributed by atoms with Crippen molar-refractivity contribution in [2.24, 2.45) is 0 Å². The molecule has 0 saturated carbocycles. The van der Waals surface area contributed by atoms with E-state index in [4.69, 9.17) is 19.7 Å². The summed E-state index contributed by atoms with van der Waals surface area (Å²) in [5.41, 5.74) is 0.797. The van der Waals surface area contributed by atoms with Gasteiger partial charge in [-0.25, -0.2) is 4.79 Å². The largest absolute Gasteiger partial charge is 0.460 e. The summed E-state index contributed by atoms with van der Waals surface area (Å²) in [6, 6.07) is 6.87. The van der Waals surface area contributed by atoms with Gasteiger partial charge in [-0.1, -0.05) is 12.1 Å². The van der Waals surface area contributed by atoms with E-state index in [9.17, 15) is 4.79 Å². The van der Waals surface area contributed by atoms with Crippen LogP contribution in [0.1, 0.15) is 29.8 Å². The molecule has 106 valence electrons. The number of esters is 1. The van der Waals surface area contributed by atoms with Gasteiger partial charge in [-0.3, -0.25) is 0 Å². The number of benzene rings is 1. The number of hydrogen-bond donors (Lipinski definition) is 2. The zero-order valence-corrected chi connectivity index (χ0v) is 11.3. The average molecular weight is 268 g/mol. The highest BCUT2D eigenvalue weighted by Crippen LogP contribution is 2.24. The van der Waals surface area contributed by atoms with Crippen LogP contribution in [-0.2, 0) is 15.1 Å². The van der Waals surface area contributed by atoms with Crippen molar-refractivity contribution in [3.63, 3.8) is 0 Å². The second-order valence-corrected chi connectivity index (χ2v) is 4.52. The molecule has 0 saturated heterocycles. The third kappa shape index (κ3) is 4.63. The van der Waals surface area contributed by atoms with Crippen LogP contribution in [0.15, 0.2) is 24.3 Å². The standard InChI is InChI=1S/C14H20O5/c1-14(2,19-10-8-16)12-5-3-11(4-6-12)13(17)18-9-7-15/h3-6,15-16H,7-10H2,1-2H3. The molecule has 0 aliphatic rings. The molecule has 0 radical (unpaired) electrons. The average Bonchev–Trinajstić information content (AvgIpc) is 2.42. The van der Waals surface area contributed by atoms with Crippen LogP contribution in [0.4, 0.5) is 0 Å². The molecule has 1 aromatic rings. The topological polar surface area (TPSA) is 76.0 Å². The molecule has 0 bridgehead atoms. The highest BCUT2D eigenvalue weighted by molar-refractivity contribution is 5.89. The van der Waals surface area contributed by atoms with Crippen molar-refractivity contribution in [2.75, 3.05) is 26.4 Å². The Morgan fingerprint density at radius 3 is 2.21 bits per heavy atom. The predicted octanol–water partition coefficient (Wildman–Crippen LogP) is 1.08. The second-order valence-electron chi connectivity index (χ2n) is 4.52. The van der Waals surface area contributed by atoms with Crippen LogP contribution in [0.3, 0.4) is 0 Å². The van der Waals surface area contributed by atoms with Gasteiger partial charge in [0, 0.05) is 0 Å². The molecule has 0 atom stereocenters. The van der Waals surface area contributed by atoms with Crippen LogP contribution < -0.4 is 0 Å². The Morgan fingerprint density at radius 1 is 1.11 bits per heavy atom. The van der Waals surface area contributed by atoms with Crippen molar-refractivity contribution in [3.8, 4) is 0 Å². The fourth-order valence-corrected chi connectivity index (χ4v) is 1.61. The third-order valence-corrected chi connectivity index (χ3v) is 2.69. The first-order valence-electron chi connectivity index (χ1n) is 6.14. The molecule has 0 aliphatic heterocycles. The fraction of sp³-hybridized carbons (Fsp3) is 0.500.